The van der Waals surface area contributed by atoms with Crippen LogP contribution < -0.4 is 11.1 Å². The monoisotopic (exact) mass is 272 g/mol. The van der Waals surface area contributed by atoms with Crippen LogP contribution in [0.25, 0.3) is 0 Å². The first kappa shape index (κ1) is 12.2. The van der Waals surface area contributed by atoms with Crippen LogP contribution in [0.5, 0.6) is 0 Å². The summed E-state index contributed by atoms with van der Waals surface area (Å²) >= 11 is 1.77. The summed E-state index contributed by atoms with van der Waals surface area (Å²) in [5.74, 6) is 0.318. The molecule has 1 aromatic heterocycles. The minimum atomic E-state index is -0.386. The third kappa shape index (κ3) is 2.79. The Balaban J connectivity index is 1.82. The highest BCUT2D eigenvalue weighted by molar-refractivity contribution is 7.10. The summed E-state index contributed by atoms with van der Waals surface area (Å²) in [6.45, 7) is 0. The largest absolute Gasteiger partial charge is 0.377 e. The smallest absolute Gasteiger partial charge is 0.248 e. The number of nitrogens with two attached hydrogens (primary N) is 1. The summed E-state index contributed by atoms with van der Waals surface area (Å²) in [5.41, 5.74) is 6.82. The van der Waals surface area contributed by atoms with Crippen LogP contribution in [-0.2, 0) is 0 Å². The van der Waals surface area contributed by atoms with Crippen molar-refractivity contribution in [3.8, 4) is 0 Å². The molecule has 1 saturated carbocycles. The molecule has 3 rings (SSSR count). The predicted octanol–water partition coefficient (Wildman–Crippen LogP) is 3.41. The van der Waals surface area contributed by atoms with Gasteiger partial charge in [-0.15, -0.1) is 11.3 Å². The van der Waals surface area contributed by atoms with Crippen molar-refractivity contribution < 1.29 is 4.79 Å². The third-order valence-corrected chi connectivity index (χ3v) is 4.37. The molecule has 1 aromatic carbocycles. The fourth-order valence-electron chi connectivity index (χ4n) is 2.26. The molecule has 1 atom stereocenters. The van der Waals surface area contributed by atoms with Crippen LogP contribution in [0.3, 0.4) is 0 Å². The highest BCUT2D eigenvalue weighted by atomic mass is 32.1. The Kier molecular flexibility index (Phi) is 3.25. The Morgan fingerprint density at radius 3 is 2.79 bits per heavy atom. The number of thiophene rings is 1. The minimum absolute atomic E-state index is 0.350. The van der Waals surface area contributed by atoms with Crippen molar-refractivity contribution in [2.75, 3.05) is 5.32 Å². The molecule has 1 aliphatic carbocycles. The molecule has 1 fully saturated rings. The number of hydrogen-bond donors (Lipinski definition) is 2. The fraction of sp³-hybridized carbons (Fsp3) is 0.267. The summed E-state index contributed by atoms with van der Waals surface area (Å²) in [7, 11) is 0. The molecule has 3 nitrogen and oxygen atoms in total. The summed E-state index contributed by atoms with van der Waals surface area (Å²) < 4.78 is 0. The van der Waals surface area contributed by atoms with E-state index in [1.54, 1.807) is 17.4 Å². The van der Waals surface area contributed by atoms with Crippen molar-refractivity contribution in [2.24, 2.45) is 11.7 Å². The molecule has 1 amide bonds. The van der Waals surface area contributed by atoms with Gasteiger partial charge < -0.3 is 11.1 Å². The van der Waals surface area contributed by atoms with Gasteiger partial charge in [0.1, 0.15) is 0 Å². The average molecular weight is 272 g/mol. The molecule has 19 heavy (non-hydrogen) atoms. The van der Waals surface area contributed by atoms with E-state index in [4.69, 9.17) is 5.73 Å². The van der Waals surface area contributed by atoms with Crippen LogP contribution in [0.1, 0.15) is 34.1 Å². The van der Waals surface area contributed by atoms with Crippen molar-refractivity contribution in [3.63, 3.8) is 0 Å². The maximum atomic E-state index is 11.2. The highest BCUT2D eigenvalue weighted by Gasteiger charge is 2.32. The number of carbonyl (C=O) groups excluding carboxylic acids is 1. The van der Waals surface area contributed by atoms with Crippen LogP contribution in [-0.4, -0.2) is 5.91 Å². The second-order valence-electron chi connectivity index (χ2n) is 4.92. The fourth-order valence-corrected chi connectivity index (χ4v) is 3.13. The number of hydrogen-bond acceptors (Lipinski definition) is 3. The van der Waals surface area contributed by atoms with Gasteiger partial charge in [-0.1, -0.05) is 12.1 Å². The molecule has 3 N–H and O–H groups in total. The second kappa shape index (κ2) is 5.05. The summed E-state index contributed by atoms with van der Waals surface area (Å²) in [6, 6.07) is 12.0. The molecule has 2 aromatic rings. The first-order valence-corrected chi connectivity index (χ1v) is 7.32. The van der Waals surface area contributed by atoms with E-state index in [9.17, 15) is 4.79 Å². The summed E-state index contributed by atoms with van der Waals surface area (Å²) in [4.78, 5) is 12.6. The van der Waals surface area contributed by atoms with E-state index in [-0.39, 0.29) is 5.91 Å². The lowest BCUT2D eigenvalue weighted by atomic mass is 10.1. The Morgan fingerprint density at radius 2 is 2.16 bits per heavy atom. The third-order valence-electron chi connectivity index (χ3n) is 3.41. The SMILES string of the molecule is NC(=O)c1cccc(NC(c2cccs2)C2CC2)c1. The molecule has 1 unspecified atom stereocenters. The first-order valence-electron chi connectivity index (χ1n) is 6.44. The van der Waals surface area contributed by atoms with Crippen molar-refractivity contribution in [1.82, 2.24) is 0 Å². The van der Waals surface area contributed by atoms with E-state index in [1.165, 1.54) is 17.7 Å². The van der Waals surface area contributed by atoms with Gasteiger partial charge in [0.25, 0.3) is 0 Å². The molecule has 0 spiro atoms. The Bertz CT molecular complexity index is 576. The van der Waals surface area contributed by atoms with Crippen LogP contribution in [0.4, 0.5) is 5.69 Å². The molecule has 0 saturated heterocycles. The van der Waals surface area contributed by atoms with Crippen molar-refractivity contribution in [3.05, 3.63) is 52.2 Å². The summed E-state index contributed by atoms with van der Waals surface area (Å²) in [5, 5.41) is 5.64. The maximum Gasteiger partial charge on any atom is 0.248 e. The number of benzene rings is 1. The number of nitrogens with one attached hydrogen (secondary N) is 1. The van der Waals surface area contributed by atoms with E-state index in [2.05, 4.69) is 22.8 Å². The van der Waals surface area contributed by atoms with Gasteiger partial charge in [0.05, 0.1) is 6.04 Å². The molecule has 1 heterocycles. The van der Waals surface area contributed by atoms with Gasteiger partial charge in [0, 0.05) is 16.1 Å². The van der Waals surface area contributed by atoms with Gasteiger partial charge in [-0.05, 0) is 48.4 Å². The Labute approximate surface area is 116 Å². The van der Waals surface area contributed by atoms with Crippen LogP contribution in [0.2, 0.25) is 0 Å². The number of carbonyl (C=O) groups is 1. The van der Waals surface area contributed by atoms with Gasteiger partial charge in [-0.2, -0.15) is 0 Å². The zero-order valence-corrected chi connectivity index (χ0v) is 11.3. The van der Waals surface area contributed by atoms with Gasteiger partial charge in [-0.25, -0.2) is 0 Å². The number of primary amides is 1. The summed E-state index contributed by atoms with van der Waals surface area (Å²) in [6.07, 6.45) is 2.54. The maximum absolute atomic E-state index is 11.2. The topological polar surface area (TPSA) is 55.1 Å². The van der Waals surface area contributed by atoms with Gasteiger partial charge in [0.15, 0.2) is 0 Å². The molecule has 98 valence electrons. The lowest BCUT2D eigenvalue weighted by Gasteiger charge is -2.18. The van der Waals surface area contributed by atoms with Crippen molar-refractivity contribution in [1.29, 1.82) is 0 Å². The lowest BCUT2D eigenvalue weighted by Crippen LogP contribution is -2.14. The normalized spacial score (nSPS) is 16.0. The van der Waals surface area contributed by atoms with Gasteiger partial charge in [0.2, 0.25) is 5.91 Å². The van der Waals surface area contributed by atoms with E-state index >= 15 is 0 Å². The molecule has 1 aliphatic rings. The van der Waals surface area contributed by atoms with Crippen molar-refractivity contribution in [2.45, 2.75) is 18.9 Å². The quantitative estimate of drug-likeness (QED) is 0.876. The Morgan fingerprint density at radius 1 is 1.32 bits per heavy atom. The first-order chi connectivity index (χ1) is 9.24. The molecule has 4 heteroatoms. The number of rotatable bonds is 5. The van der Waals surface area contributed by atoms with E-state index in [0.717, 1.165) is 5.69 Å². The molecular weight excluding hydrogens is 256 g/mol. The highest BCUT2D eigenvalue weighted by Crippen LogP contribution is 2.44. The van der Waals surface area contributed by atoms with E-state index < -0.39 is 0 Å². The second-order valence-corrected chi connectivity index (χ2v) is 5.90. The standard InChI is InChI=1S/C15H16N2OS/c16-15(18)11-3-1-4-12(9-11)17-14(10-6-7-10)13-5-2-8-19-13/h1-5,8-10,14,17H,6-7H2,(H2,16,18). The zero-order chi connectivity index (χ0) is 13.2. The molecular formula is C15H16N2OS. The van der Waals surface area contributed by atoms with Gasteiger partial charge in [-0.3, -0.25) is 4.79 Å². The average Bonchev–Trinajstić information content (AvgIpc) is 3.11. The molecule has 0 aliphatic heterocycles. The van der Waals surface area contributed by atoms with Crippen LogP contribution >= 0.6 is 11.3 Å². The van der Waals surface area contributed by atoms with E-state index in [1.807, 2.05) is 18.2 Å². The Hall–Kier alpha value is -1.81. The predicted molar refractivity (Wildman–Crippen MR) is 78.4 cm³/mol. The number of anilines is 1. The lowest BCUT2D eigenvalue weighted by molar-refractivity contribution is 0.100. The zero-order valence-electron chi connectivity index (χ0n) is 10.5. The molecule has 0 radical (unpaired) electrons. The van der Waals surface area contributed by atoms with Crippen LogP contribution in [0, 0.1) is 5.92 Å². The van der Waals surface area contributed by atoms with Crippen LogP contribution in [0.15, 0.2) is 41.8 Å². The number of amides is 1. The van der Waals surface area contributed by atoms with Crippen molar-refractivity contribution >= 4 is 22.9 Å². The minimum Gasteiger partial charge on any atom is -0.377 e. The molecule has 0 bridgehead atoms. The van der Waals surface area contributed by atoms with Gasteiger partial charge >= 0.3 is 0 Å². The van der Waals surface area contributed by atoms with E-state index in [0.29, 0.717) is 17.5 Å².